The van der Waals surface area contributed by atoms with Gasteiger partial charge in [0.2, 0.25) is 5.89 Å². The van der Waals surface area contributed by atoms with E-state index in [0.29, 0.717) is 16.1 Å². The number of amides is 1. The molecule has 1 heterocycles. The van der Waals surface area contributed by atoms with Crippen LogP contribution in [-0.2, 0) is 4.79 Å². The molecule has 0 unspecified atom stereocenters. The first kappa shape index (κ1) is 16.1. The van der Waals surface area contributed by atoms with Crippen LogP contribution in [0, 0.1) is 5.82 Å². The smallest absolute Gasteiger partial charge is 0.322 e. The van der Waals surface area contributed by atoms with Crippen molar-refractivity contribution >= 4 is 27.9 Å². The first-order chi connectivity index (χ1) is 11.6. The summed E-state index contributed by atoms with van der Waals surface area (Å²) in [6.45, 7) is -0.284. The number of nitrogens with zero attached hydrogens (tertiary/aromatic N) is 2. The number of aromatic nitrogens is 2. The SMILES string of the molecule is O=C(COc1ccc(F)cc1Br)Nc1nnc(-c2ccccc2)o1. The van der Waals surface area contributed by atoms with Crippen LogP contribution < -0.4 is 10.1 Å². The Balaban J connectivity index is 1.58. The Morgan fingerprint density at radius 3 is 2.75 bits per heavy atom. The second kappa shape index (κ2) is 7.22. The molecule has 3 rings (SSSR count). The van der Waals surface area contributed by atoms with E-state index >= 15 is 0 Å². The lowest BCUT2D eigenvalue weighted by molar-refractivity contribution is -0.118. The maximum absolute atomic E-state index is 13.0. The van der Waals surface area contributed by atoms with E-state index in [2.05, 4.69) is 31.4 Å². The van der Waals surface area contributed by atoms with Crippen molar-refractivity contribution in [1.29, 1.82) is 0 Å². The Labute approximate surface area is 144 Å². The molecule has 0 saturated heterocycles. The molecule has 8 heteroatoms. The minimum Gasteiger partial charge on any atom is -0.483 e. The third-order valence-electron chi connectivity index (χ3n) is 2.94. The zero-order chi connectivity index (χ0) is 16.9. The van der Waals surface area contributed by atoms with Gasteiger partial charge in [0.25, 0.3) is 5.91 Å². The highest BCUT2D eigenvalue weighted by molar-refractivity contribution is 9.10. The van der Waals surface area contributed by atoms with Crippen LogP contribution in [0.4, 0.5) is 10.4 Å². The predicted molar refractivity (Wildman–Crippen MR) is 88.0 cm³/mol. The van der Waals surface area contributed by atoms with Gasteiger partial charge in [-0.3, -0.25) is 10.1 Å². The molecule has 6 nitrogen and oxygen atoms in total. The van der Waals surface area contributed by atoms with Crippen molar-refractivity contribution in [2.45, 2.75) is 0 Å². The van der Waals surface area contributed by atoms with Crippen LogP contribution in [0.5, 0.6) is 5.75 Å². The minimum atomic E-state index is -0.477. The number of carbonyl (C=O) groups is 1. The van der Waals surface area contributed by atoms with Gasteiger partial charge in [-0.05, 0) is 46.3 Å². The maximum atomic E-state index is 13.0. The van der Waals surface area contributed by atoms with Gasteiger partial charge in [-0.2, -0.15) is 0 Å². The molecule has 0 aliphatic carbocycles. The molecule has 0 bridgehead atoms. The lowest BCUT2D eigenvalue weighted by Gasteiger charge is -2.07. The monoisotopic (exact) mass is 391 g/mol. The number of rotatable bonds is 5. The lowest BCUT2D eigenvalue weighted by Crippen LogP contribution is -2.20. The predicted octanol–water partition coefficient (Wildman–Crippen LogP) is 3.66. The first-order valence-corrected chi connectivity index (χ1v) is 7.68. The van der Waals surface area contributed by atoms with Crippen molar-refractivity contribution in [2.75, 3.05) is 11.9 Å². The van der Waals surface area contributed by atoms with Gasteiger partial charge in [0.15, 0.2) is 6.61 Å². The van der Waals surface area contributed by atoms with Crippen molar-refractivity contribution in [1.82, 2.24) is 10.2 Å². The third kappa shape index (κ3) is 3.96. The molecule has 0 saturated carbocycles. The van der Waals surface area contributed by atoms with E-state index in [0.717, 1.165) is 5.56 Å². The van der Waals surface area contributed by atoms with Crippen LogP contribution in [0.2, 0.25) is 0 Å². The molecule has 1 aromatic heterocycles. The fourth-order valence-corrected chi connectivity index (χ4v) is 2.33. The van der Waals surface area contributed by atoms with Crippen molar-refractivity contribution < 1.29 is 18.3 Å². The molecule has 0 spiro atoms. The Morgan fingerprint density at radius 2 is 2.00 bits per heavy atom. The second-order valence-corrected chi connectivity index (χ2v) is 5.54. The largest absolute Gasteiger partial charge is 0.483 e. The van der Waals surface area contributed by atoms with Crippen LogP contribution in [-0.4, -0.2) is 22.7 Å². The molecular weight excluding hydrogens is 381 g/mol. The highest BCUT2D eigenvalue weighted by atomic mass is 79.9. The highest BCUT2D eigenvalue weighted by Gasteiger charge is 2.12. The van der Waals surface area contributed by atoms with Gasteiger partial charge in [-0.25, -0.2) is 4.39 Å². The summed E-state index contributed by atoms with van der Waals surface area (Å²) in [6.07, 6.45) is 0. The molecule has 0 radical (unpaired) electrons. The summed E-state index contributed by atoms with van der Waals surface area (Å²) in [4.78, 5) is 11.9. The summed E-state index contributed by atoms with van der Waals surface area (Å²) >= 11 is 3.16. The van der Waals surface area contributed by atoms with Gasteiger partial charge in [0.05, 0.1) is 4.47 Å². The fourth-order valence-electron chi connectivity index (χ4n) is 1.86. The lowest BCUT2D eigenvalue weighted by atomic mass is 10.2. The molecule has 0 aliphatic heterocycles. The van der Waals surface area contributed by atoms with Crippen LogP contribution in [0.1, 0.15) is 0 Å². The molecule has 3 aromatic rings. The quantitative estimate of drug-likeness (QED) is 0.717. The van der Waals surface area contributed by atoms with E-state index in [1.165, 1.54) is 18.2 Å². The number of ether oxygens (including phenoxy) is 1. The third-order valence-corrected chi connectivity index (χ3v) is 3.56. The summed E-state index contributed by atoms with van der Waals surface area (Å²) in [7, 11) is 0. The zero-order valence-corrected chi connectivity index (χ0v) is 13.8. The van der Waals surface area contributed by atoms with Crippen molar-refractivity contribution in [3.63, 3.8) is 0 Å². The number of carbonyl (C=O) groups excluding carboxylic acids is 1. The van der Waals surface area contributed by atoms with Gasteiger partial charge in [0, 0.05) is 5.56 Å². The Bertz CT molecular complexity index is 855. The molecule has 24 heavy (non-hydrogen) atoms. The molecule has 1 N–H and O–H groups in total. The van der Waals surface area contributed by atoms with Gasteiger partial charge < -0.3 is 9.15 Å². The normalized spacial score (nSPS) is 10.4. The topological polar surface area (TPSA) is 77.2 Å². The summed E-state index contributed by atoms with van der Waals surface area (Å²) in [5.74, 6) is -0.234. The summed E-state index contributed by atoms with van der Waals surface area (Å²) in [5, 5.41) is 10.1. The van der Waals surface area contributed by atoms with Gasteiger partial charge in [0.1, 0.15) is 11.6 Å². The van der Waals surface area contributed by atoms with E-state index in [4.69, 9.17) is 9.15 Å². The Morgan fingerprint density at radius 1 is 1.21 bits per heavy atom. The van der Waals surface area contributed by atoms with Crippen LogP contribution in [0.25, 0.3) is 11.5 Å². The molecule has 0 aliphatic rings. The van der Waals surface area contributed by atoms with Crippen molar-refractivity contribution in [3.05, 3.63) is 58.8 Å². The summed E-state index contributed by atoms with van der Waals surface area (Å²) < 4.78 is 24.1. The van der Waals surface area contributed by atoms with Gasteiger partial charge >= 0.3 is 6.01 Å². The van der Waals surface area contributed by atoms with E-state index in [9.17, 15) is 9.18 Å². The Kier molecular flexibility index (Phi) is 4.85. The standard InChI is InChI=1S/C16H11BrFN3O3/c17-12-8-11(18)6-7-13(12)23-9-14(22)19-16-21-20-15(24-16)10-4-2-1-3-5-10/h1-8H,9H2,(H,19,21,22). The second-order valence-electron chi connectivity index (χ2n) is 4.69. The van der Waals surface area contributed by atoms with Crippen LogP contribution in [0.15, 0.2) is 57.4 Å². The average molecular weight is 392 g/mol. The van der Waals surface area contributed by atoms with Gasteiger partial charge in [-0.15, -0.1) is 5.10 Å². The van der Waals surface area contributed by atoms with Crippen molar-refractivity contribution in [2.24, 2.45) is 0 Å². The first-order valence-electron chi connectivity index (χ1n) is 6.88. The number of benzene rings is 2. The van der Waals surface area contributed by atoms with E-state index in [-0.39, 0.29) is 12.6 Å². The Hall–Kier alpha value is -2.74. The number of anilines is 1. The molecule has 1 amide bonds. The van der Waals surface area contributed by atoms with E-state index < -0.39 is 11.7 Å². The van der Waals surface area contributed by atoms with E-state index in [1.54, 1.807) is 0 Å². The number of hydrogen-bond acceptors (Lipinski definition) is 5. The van der Waals surface area contributed by atoms with Crippen molar-refractivity contribution in [3.8, 4) is 17.2 Å². The molecular formula is C16H11BrFN3O3. The minimum absolute atomic E-state index is 0.0272. The number of nitrogens with one attached hydrogen (secondary N) is 1. The molecule has 0 atom stereocenters. The molecule has 0 fully saturated rings. The maximum Gasteiger partial charge on any atom is 0.322 e. The van der Waals surface area contributed by atoms with Crippen LogP contribution >= 0.6 is 15.9 Å². The molecule has 122 valence electrons. The van der Waals surface area contributed by atoms with Crippen LogP contribution in [0.3, 0.4) is 0 Å². The van der Waals surface area contributed by atoms with Gasteiger partial charge in [-0.1, -0.05) is 23.3 Å². The highest BCUT2D eigenvalue weighted by Crippen LogP contribution is 2.25. The number of hydrogen-bond donors (Lipinski definition) is 1. The molecule has 2 aromatic carbocycles. The number of halogens is 2. The fraction of sp³-hybridized carbons (Fsp3) is 0.0625. The average Bonchev–Trinajstić information content (AvgIpc) is 3.03. The summed E-state index contributed by atoms with van der Waals surface area (Å²) in [6, 6.07) is 13.1. The summed E-state index contributed by atoms with van der Waals surface area (Å²) in [5.41, 5.74) is 0.747. The zero-order valence-electron chi connectivity index (χ0n) is 12.2. The van der Waals surface area contributed by atoms with E-state index in [1.807, 2.05) is 30.3 Å².